The molecule has 25 heavy (non-hydrogen) atoms. The van der Waals surface area contributed by atoms with Crippen LogP contribution < -0.4 is 5.32 Å². The van der Waals surface area contributed by atoms with Gasteiger partial charge in [-0.25, -0.2) is 4.98 Å². The van der Waals surface area contributed by atoms with Gasteiger partial charge in [0.15, 0.2) is 0 Å². The van der Waals surface area contributed by atoms with Crippen molar-refractivity contribution in [1.29, 1.82) is 0 Å². The smallest absolute Gasteiger partial charge is 0.226 e. The molecule has 0 aliphatic heterocycles. The number of aromatic nitrogens is 1. The zero-order valence-corrected chi connectivity index (χ0v) is 15.8. The molecule has 3 aromatic rings. The van der Waals surface area contributed by atoms with Gasteiger partial charge in [0, 0.05) is 21.0 Å². The maximum Gasteiger partial charge on any atom is 0.226 e. The molecule has 1 heterocycles. The number of halogens is 2. The molecule has 0 saturated heterocycles. The molecule has 0 fully saturated rings. The third kappa shape index (κ3) is 4.82. The number of carbonyl (C=O) groups excluding carboxylic acids is 1. The fourth-order valence-electron chi connectivity index (χ4n) is 2.43. The van der Waals surface area contributed by atoms with Crippen molar-refractivity contribution >= 4 is 40.4 Å². The van der Waals surface area contributed by atoms with Crippen LogP contribution in [0, 0.1) is 0 Å². The van der Waals surface area contributed by atoms with Crippen LogP contribution in [0.15, 0.2) is 53.9 Å². The van der Waals surface area contributed by atoms with E-state index in [-0.39, 0.29) is 18.4 Å². The lowest BCUT2D eigenvalue weighted by molar-refractivity contribution is -0.121. The molecule has 0 aliphatic rings. The number of amides is 1. The van der Waals surface area contributed by atoms with E-state index in [4.69, 9.17) is 23.2 Å². The summed E-state index contributed by atoms with van der Waals surface area (Å²) in [6, 6.07) is 14.9. The zero-order chi connectivity index (χ0) is 17.8. The Morgan fingerprint density at radius 1 is 1.16 bits per heavy atom. The van der Waals surface area contributed by atoms with E-state index in [1.807, 2.05) is 60.8 Å². The van der Waals surface area contributed by atoms with Crippen molar-refractivity contribution in [1.82, 2.24) is 10.3 Å². The molecule has 1 amide bonds. The van der Waals surface area contributed by atoms with Gasteiger partial charge in [0.2, 0.25) is 5.91 Å². The van der Waals surface area contributed by atoms with Crippen LogP contribution in [-0.4, -0.2) is 10.9 Å². The second kappa shape index (κ2) is 8.00. The highest BCUT2D eigenvalue weighted by atomic mass is 35.5. The van der Waals surface area contributed by atoms with E-state index in [2.05, 4.69) is 10.3 Å². The summed E-state index contributed by atoms with van der Waals surface area (Å²) in [4.78, 5) is 16.8. The number of nitrogens with one attached hydrogen (secondary N) is 1. The van der Waals surface area contributed by atoms with E-state index >= 15 is 0 Å². The quantitative estimate of drug-likeness (QED) is 0.621. The van der Waals surface area contributed by atoms with Crippen molar-refractivity contribution in [3.63, 3.8) is 0 Å². The van der Waals surface area contributed by atoms with Crippen molar-refractivity contribution in [3.05, 3.63) is 75.2 Å². The number of hydrogen-bond donors (Lipinski definition) is 1. The van der Waals surface area contributed by atoms with E-state index < -0.39 is 0 Å². The van der Waals surface area contributed by atoms with E-state index in [1.54, 1.807) is 0 Å². The SMILES string of the molecule is CC(NC(=O)Cc1csc(-c2ccc(Cl)cc2)n1)c1cccc(Cl)c1. The molecule has 0 bridgehead atoms. The summed E-state index contributed by atoms with van der Waals surface area (Å²) in [5, 5.41) is 7.11. The summed E-state index contributed by atoms with van der Waals surface area (Å²) >= 11 is 13.4. The van der Waals surface area contributed by atoms with Crippen LogP contribution in [0.3, 0.4) is 0 Å². The van der Waals surface area contributed by atoms with Gasteiger partial charge in [-0.15, -0.1) is 11.3 Å². The molecule has 1 unspecified atom stereocenters. The molecule has 0 aliphatic carbocycles. The molecule has 1 atom stereocenters. The van der Waals surface area contributed by atoms with Gasteiger partial charge >= 0.3 is 0 Å². The summed E-state index contributed by atoms with van der Waals surface area (Å²) in [6.07, 6.45) is 0.245. The topological polar surface area (TPSA) is 42.0 Å². The van der Waals surface area contributed by atoms with Crippen LogP contribution in [0.2, 0.25) is 10.0 Å². The molecule has 0 saturated carbocycles. The fraction of sp³-hybridized carbons (Fsp3) is 0.158. The molecule has 0 radical (unpaired) electrons. The lowest BCUT2D eigenvalue weighted by Crippen LogP contribution is -2.28. The van der Waals surface area contributed by atoms with E-state index in [0.29, 0.717) is 10.0 Å². The van der Waals surface area contributed by atoms with Gasteiger partial charge in [0.25, 0.3) is 0 Å². The average Bonchev–Trinajstić information content (AvgIpc) is 3.03. The second-order valence-electron chi connectivity index (χ2n) is 5.67. The van der Waals surface area contributed by atoms with Crippen molar-refractivity contribution in [2.24, 2.45) is 0 Å². The molecule has 2 aromatic carbocycles. The fourth-order valence-corrected chi connectivity index (χ4v) is 3.58. The third-order valence-electron chi connectivity index (χ3n) is 3.71. The number of nitrogens with zero attached hydrogens (tertiary/aromatic N) is 1. The van der Waals surface area contributed by atoms with Crippen LogP contribution in [0.4, 0.5) is 0 Å². The number of rotatable bonds is 5. The lowest BCUT2D eigenvalue weighted by atomic mass is 10.1. The van der Waals surface area contributed by atoms with E-state index in [9.17, 15) is 4.79 Å². The Labute approximate surface area is 160 Å². The molecule has 3 rings (SSSR count). The summed E-state index contributed by atoms with van der Waals surface area (Å²) in [7, 11) is 0. The van der Waals surface area contributed by atoms with Gasteiger partial charge in [-0.3, -0.25) is 4.79 Å². The minimum Gasteiger partial charge on any atom is -0.349 e. The molecule has 3 nitrogen and oxygen atoms in total. The van der Waals surface area contributed by atoms with Gasteiger partial charge in [-0.1, -0.05) is 47.5 Å². The summed E-state index contributed by atoms with van der Waals surface area (Å²) < 4.78 is 0. The Hall–Kier alpha value is -1.88. The standard InChI is InChI=1S/C19H16Cl2N2OS/c1-12(14-3-2-4-16(21)9-14)22-18(24)10-17-11-25-19(23-17)13-5-7-15(20)8-6-13/h2-9,11-12H,10H2,1H3,(H,22,24). The number of benzene rings is 2. The Morgan fingerprint density at radius 3 is 2.64 bits per heavy atom. The minimum absolute atomic E-state index is 0.0690. The Bertz CT molecular complexity index is 877. The predicted molar refractivity (Wildman–Crippen MR) is 104 cm³/mol. The first-order valence-electron chi connectivity index (χ1n) is 7.76. The number of thiazole rings is 1. The van der Waals surface area contributed by atoms with Crippen LogP contribution in [0.5, 0.6) is 0 Å². The van der Waals surface area contributed by atoms with Crippen LogP contribution in [0.25, 0.3) is 10.6 Å². The van der Waals surface area contributed by atoms with Crippen molar-refractivity contribution in [2.75, 3.05) is 0 Å². The normalized spacial score (nSPS) is 12.0. The van der Waals surface area contributed by atoms with Crippen molar-refractivity contribution in [3.8, 4) is 10.6 Å². The summed E-state index contributed by atoms with van der Waals surface area (Å²) in [6.45, 7) is 1.93. The summed E-state index contributed by atoms with van der Waals surface area (Å²) in [5.41, 5.74) is 2.72. The highest BCUT2D eigenvalue weighted by molar-refractivity contribution is 7.13. The maximum absolute atomic E-state index is 12.3. The molecule has 0 spiro atoms. The first-order chi connectivity index (χ1) is 12.0. The van der Waals surface area contributed by atoms with Crippen molar-refractivity contribution in [2.45, 2.75) is 19.4 Å². The van der Waals surface area contributed by atoms with Crippen molar-refractivity contribution < 1.29 is 4.79 Å². The van der Waals surface area contributed by atoms with Gasteiger partial charge in [0.1, 0.15) is 5.01 Å². The molecule has 1 N–H and O–H groups in total. The highest BCUT2D eigenvalue weighted by Gasteiger charge is 2.13. The monoisotopic (exact) mass is 390 g/mol. The van der Waals surface area contributed by atoms with E-state index in [1.165, 1.54) is 11.3 Å². The minimum atomic E-state index is -0.111. The zero-order valence-electron chi connectivity index (χ0n) is 13.5. The molecule has 1 aromatic heterocycles. The Balaban J connectivity index is 1.62. The van der Waals surface area contributed by atoms with Crippen LogP contribution in [0.1, 0.15) is 24.2 Å². The van der Waals surface area contributed by atoms with Gasteiger partial charge in [-0.2, -0.15) is 0 Å². The molecule has 6 heteroatoms. The molecular formula is C19H16Cl2N2OS. The highest BCUT2D eigenvalue weighted by Crippen LogP contribution is 2.25. The number of carbonyl (C=O) groups is 1. The van der Waals surface area contributed by atoms with Crippen LogP contribution in [-0.2, 0) is 11.2 Å². The predicted octanol–water partition coefficient (Wildman–Crippen LogP) is 5.54. The first-order valence-corrected chi connectivity index (χ1v) is 9.40. The lowest BCUT2D eigenvalue weighted by Gasteiger charge is -2.14. The second-order valence-corrected chi connectivity index (χ2v) is 7.40. The Morgan fingerprint density at radius 2 is 1.92 bits per heavy atom. The van der Waals surface area contributed by atoms with Gasteiger partial charge in [-0.05, 0) is 36.8 Å². The largest absolute Gasteiger partial charge is 0.349 e. The Kier molecular flexibility index (Phi) is 5.74. The first kappa shape index (κ1) is 17.9. The maximum atomic E-state index is 12.3. The molecular weight excluding hydrogens is 375 g/mol. The van der Waals surface area contributed by atoms with Gasteiger partial charge < -0.3 is 5.32 Å². The summed E-state index contributed by atoms with van der Waals surface area (Å²) in [5.74, 6) is -0.0690. The van der Waals surface area contributed by atoms with Gasteiger partial charge in [0.05, 0.1) is 18.2 Å². The average molecular weight is 391 g/mol. The third-order valence-corrected chi connectivity index (χ3v) is 5.14. The van der Waals surface area contributed by atoms with Crippen LogP contribution >= 0.6 is 34.5 Å². The van der Waals surface area contributed by atoms with E-state index in [0.717, 1.165) is 21.8 Å². The molecule has 128 valence electrons. The number of hydrogen-bond acceptors (Lipinski definition) is 3.